The first-order valence-corrected chi connectivity index (χ1v) is 8.06. The third kappa shape index (κ3) is 5.60. The summed E-state index contributed by atoms with van der Waals surface area (Å²) in [6.07, 6.45) is 4.92. The summed E-state index contributed by atoms with van der Waals surface area (Å²) in [7, 11) is 0. The Labute approximate surface area is 139 Å². The Bertz CT molecular complexity index is 709. The summed E-state index contributed by atoms with van der Waals surface area (Å²) < 4.78 is 0. The molecule has 116 valence electrons. The molecule has 0 amide bonds. The van der Waals surface area contributed by atoms with E-state index in [0.717, 1.165) is 36.0 Å². The van der Waals surface area contributed by atoms with Crippen LogP contribution in [0.2, 0.25) is 0 Å². The largest absolute Gasteiger partial charge is 0.295 e. The average molecular weight is 302 g/mol. The molecule has 1 nitrogen and oxygen atoms in total. The van der Waals surface area contributed by atoms with E-state index in [1.165, 1.54) is 11.6 Å². The summed E-state index contributed by atoms with van der Waals surface area (Å²) in [6, 6.07) is 16.5. The highest BCUT2D eigenvalue weighted by Gasteiger charge is 1.98. The summed E-state index contributed by atoms with van der Waals surface area (Å²) in [5.41, 5.74) is 4.53. The van der Waals surface area contributed by atoms with Crippen LogP contribution in [0.15, 0.2) is 61.2 Å². The monoisotopic (exact) mass is 302 g/mol. The van der Waals surface area contributed by atoms with Gasteiger partial charge in [-0.25, -0.2) is 0 Å². The molecule has 0 saturated heterocycles. The van der Waals surface area contributed by atoms with Gasteiger partial charge in [-0.15, -0.1) is 0 Å². The number of carbonyl (C=O) groups is 1. The van der Waals surface area contributed by atoms with Crippen LogP contribution in [-0.4, -0.2) is 5.78 Å². The quantitative estimate of drug-likeness (QED) is 0.557. The van der Waals surface area contributed by atoms with Gasteiger partial charge in [-0.3, -0.25) is 4.79 Å². The third-order valence-electron chi connectivity index (χ3n) is 3.69. The van der Waals surface area contributed by atoms with Crippen molar-refractivity contribution in [3.63, 3.8) is 0 Å². The van der Waals surface area contributed by atoms with Gasteiger partial charge in [0.05, 0.1) is 0 Å². The SMILES string of the molecule is C=CC(=O)CCc1ccc(C#Cc2ccc(CCC)cc2)cc1. The van der Waals surface area contributed by atoms with Gasteiger partial charge in [0, 0.05) is 17.5 Å². The van der Waals surface area contributed by atoms with Gasteiger partial charge in [0.15, 0.2) is 5.78 Å². The molecular formula is C22H22O. The van der Waals surface area contributed by atoms with E-state index in [0.29, 0.717) is 6.42 Å². The number of allylic oxidation sites excluding steroid dienone is 1. The molecule has 0 aliphatic heterocycles. The lowest BCUT2D eigenvalue weighted by molar-refractivity contribution is -0.114. The van der Waals surface area contributed by atoms with E-state index in [1.54, 1.807) is 0 Å². The fourth-order valence-corrected chi connectivity index (χ4v) is 2.31. The second-order valence-corrected chi connectivity index (χ2v) is 5.56. The van der Waals surface area contributed by atoms with Gasteiger partial charge in [-0.05, 0) is 54.3 Å². The molecule has 2 aromatic rings. The Morgan fingerprint density at radius 3 is 1.83 bits per heavy atom. The van der Waals surface area contributed by atoms with E-state index in [-0.39, 0.29) is 5.78 Å². The number of aryl methyl sites for hydroxylation is 2. The number of ketones is 1. The van der Waals surface area contributed by atoms with Gasteiger partial charge in [0.1, 0.15) is 0 Å². The molecule has 23 heavy (non-hydrogen) atoms. The average Bonchev–Trinajstić information content (AvgIpc) is 2.60. The molecule has 0 aliphatic rings. The molecule has 0 bridgehead atoms. The van der Waals surface area contributed by atoms with Crippen LogP contribution in [0.25, 0.3) is 0 Å². The van der Waals surface area contributed by atoms with Crippen molar-refractivity contribution in [2.24, 2.45) is 0 Å². The lowest BCUT2D eigenvalue weighted by Gasteiger charge is -1.99. The molecule has 0 fully saturated rings. The molecule has 0 aromatic heterocycles. The van der Waals surface area contributed by atoms with Crippen molar-refractivity contribution in [1.29, 1.82) is 0 Å². The summed E-state index contributed by atoms with van der Waals surface area (Å²) in [5.74, 6) is 6.46. The zero-order chi connectivity index (χ0) is 16.5. The molecule has 2 aromatic carbocycles. The number of benzene rings is 2. The van der Waals surface area contributed by atoms with Crippen molar-refractivity contribution in [3.05, 3.63) is 83.4 Å². The van der Waals surface area contributed by atoms with Crippen LogP contribution in [0.4, 0.5) is 0 Å². The van der Waals surface area contributed by atoms with E-state index >= 15 is 0 Å². The zero-order valence-electron chi connectivity index (χ0n) is 13.6. The van der Waals surface area contributed by atoms with Crippen LogP contribution in [-0.2, 0) is 17.6 Å². The zero-order valence-corrected chi connectivity index (χ0v) is 13.6. The molecule has 0 atom stereocenters. The Hall–Kier alpha value is -2.59. The number of hydrogen-bond donors (Lipinski definition) is 0. The van der Waals surface area contributed by atoms with Crippen LogP contribution in [0, 0.1) is 11.8 Å². The molecular weight excluding hydrogens is 280 g/mol. The molecule has 0 unspecified atom stereocenters. The number of hydrogen-bond acceptors (Lipinski definition) is 1. The minimum atomic E-state index is 0.0837. The van der Waals surface area contributed by atoms with Gasteiger partial charge < -0.3 is 0 Å². The highest BCUT2D eigenvalue weighted by Crippen LogP contribution is 2.08. The maximum atomic E-state index is 11.2. The lowest BCUT2D eigenvalue weighted by Crippen LogP contribution is -1.95. The van der Waals surface area contributed by atoms with Crippen LogP contribution in [0.5, 0.6) is 0 Å². The second-order valence-electron chi connectivity index (χ2n) is 5.56. The third-order valence-corrected chi connectivity index (χ3v) is 3.69. The Kier molecular flexibility index (Phi) is 6.39. The summed E-state index contributed by atoms with van der Waals surface area (Å²) in [5, 5.41) is 0. The second kappa shape index (κ2) is 8.76. The molecule has 0 aliphatic carbocycles. The fraction of sp³-hybridized carbons (Fsp3) is 0.227. The molecule has 0 spiro atoms. The van der Waals surface area contributed by atoms with Crippen LogP contribution < -0.4 is 0 Å². The van der Waals surface area contributed by atoms with E-state index in [1.807, 2.05) is 24.3 Å². The molecule has 2 rings (SSSR count). The van der Waals surface area contributed by atoms with Crippen LogP contribution in [0.3, 0.4) is 0 Å². The van der Waals surface area contributed by atoms with E-state index in [2.05, 4.69) is 49.6 Å². The summed E-state index contributed by atoms with van der Waals surface area (Å²) in [6.45, 7) is 5.67. The first-order valence-electron chi connectivity index (χ1n) is 8.06. The molecule has 0 N–H and O–H groups in total. The summed E-state index contributed by atoms with van der Waals surface area (Å²) >= 11 is 0. The molecule has 0 heterocycles. The van der Waals surface area contributed by atoms with Gasteiger partial charge in [-0.1, -0.05) is 56.0 Å². The maximum Gasteiger partial charge on any atom is 0.155 e. The molecule has 0 saturated carbocycles. The van der Waals surface area contributed by atoms with Crippen molar-refractivity contribution >= 4 is 5.78 Å². The smallest absolute Gasteiger partial charge is 0.155 e. The van der Waals surface area contributed by atoms with Crippen molar-refractivity contribution in [2.75, 3.05) is 0 Å². The van der Waals surface area contributed by atoms with Gasteiger partial charge >= 0.3 is 0 Å². The van der Waals surface area contributed by atoms with Gasteiger partial charge in [0.25, 0.3) is 0 Å². The predicted molar refractivity (Wildman–Crippen MR) is 96.4 cm³/mol. The maximum absolute atomic E-state index is 11.2. The van der Waals surface area contributed by atoms with Crippen LogP contribution >= 0.6 is 0 Å². The first-order chi connectivity index (χ1) is 11.2. The highest BCUT2D eigenvalue weighted by atomic mass is 16.1. The Balaban J connectivity index is 1.98. The van der Waals surface area contributed by atoms with E-state index in [9.17, 15) is 4.79 Å². The number of rotatable bonds is 6. The highest BCUT2D eigenvalue weighted by molar-refractivity contribution is 5.89. The molecule has 1 heteroatoms. The lowest BCUT2D eigenvalue weighted by atomic mass is 10.1. The number of carbonyl (C=O) groups excluding carboxylic acids is 1. The standard InChI is InChI=1S/C22H22O/c1-3-5-18-6-8-19(9-7-18)10-11-20-12-14-21(15-13-20)16-17-22(23)4-2/h4,6-9,12-15H,2-3,5,16-17H2,1H3. The minimum absolute atomic E-state index is 0.0837. The Morgan fingerprint density at radius 1 is 0.913 bits per heavy atom. The van der Waals surface area contributed by atoms with E-state index in [4.69, 9.17) is 0 Å². The molecule has 0 radical (unpaired) electrons. The fourth-order valence-electron chi connectivity index (χ4n) is 2.31. The van der Waals surface area contributed by atoms with E-state index < -0.39 is 0 Å². The van der Waals surface area contributed by atoms with Crippen molar-refractivity contribution in [1.82, 2.24) is 0 Å². The van der Waals surface area contributed by atoms with Crippen LogP contribution in [0.1, 0.15) is 42.0 Å². The Morgan fingerprint density at radius 2 is 1.39 bits per heavy atom. The summed E-state index contributed by atoms with van der Waals surface area (Å²) in [4.78, 5) is 11.2. The first kappa shape index (κ1) is 16.8. The normalized spacial score (nSPS) is 9.78. The van der Waals surface area contributed by atoms with Crippen molar-refractivity contribution < 1.29 is 4.79 Å². The van der Waals surface area contributed by atoms with Gasteiger partial charge in [-0.2, -0.15) is 0 Å². The van der Waals surface area contributed by atoms with Gasteiger partial charge in [0.2, 0.25) is 0 Å². The minimum Gasteiger partial charge on any atom is -0.295 e. The van der Waals surface area contributed by atoms with Crippen molar-refractivity contribution in [3.8, 4) is 11.8 Å². The van der Waals surface area contributed by atoms with Crippen molar-refractivity contribution in [2.45, 2.75) is 32.6 Å². The predicted octanol–water partition coefficient (Wildman–Crippen LogP) is 4.73. The topological polar surface area (TPSA) is 17.1 Å².